The number of hydrogen-bond acceptors (Lipinski definition) is 4. The fourth-order valence-electron chi connectivity index (χ4n) is 1.66. The second-order valence-corrected chi connectivity index (χ2v) is 3.60. The first-order valence-electron chi connectivity index (χ1n) is 4.64. The Balaban J connectivity index is 2.59. The average molecular weight is 235 g/mol. The van der Waals surface area contributed by atoms with E-state index in [1.54, 1.807) is 11.5 Å². The Morgan fingerprint density at radius 3 is 2.88 bits per heavy atom. The van der Waals surface area contributed by atoms with Crippen molar-refractivity contribution in [3.05, 3.63) is 29.4 Å². The summed E-state index contributed by atoms with van der Waals surface area (Å²) in [6, 6.07) is 8.00. The lowest BCUT2D eigenvalue weighted by Crippen LogP contribution is -1.95. The van der Waals surface area contributed by atoms with Crippen LogP contribution in [0, 0.1) is 0 Å². The van der Waals surface area contributed by atoms with Crippen LogP contribution in [0.25, 0.3) is 16.7 Å². The molecular weight excluding hydrogens is 228 g/mol. The van der Waals surface area contributed by atoms with E-state index in [1.165, 1.54) is 0 Å². The lowest BCUT2D eigenvalue weighted by atomic mass is 10.3. The number of fused-ring (bicyclic) bond motifs is 3. The minimum atomic E-state index is 0.314. The zero-order valence-electron chi connectivity index (χ0n) is 8.38. The highest BCUT2D eigenvalue weighted by molar-refractivity contribution is 6.32. The summed E-state index contributed by atoms with van der Waals surface area (Å²) in [4.78, 5) is 4.24. The molecular formula is C10H7ClN4O. The predicted octanol–water partition coefficient (Wildman–Crippen LogP) is 1.94. The van der Waals surface area contributed by atoms with Crippen LogP contribution in [0.3, 0.4) is 0 Å². The van der Waals surface area contributed by atoms with Crippen LogP contribution in [0.2, 0.25) is 5.15 Å². The van der Waals surface area contributed by atoms with Crippen LogP contribution in [-0.2, 0) is 0 Å². The summed E-state index contributed by atoms with van der Waals surface area (Å²) in [5, 5.41) is 8.14. The van der Waals surface area contributed by atoms with Gasteiger partial charge in [0.2, 0.25) is 5.65 Å². The highest BCUT2D eigenvalue weighted by atomic mass is 35.5. The first-order valence-corrected chi connectivity index (χ1v) is 5.02. The molecule has 0 fully saturated rings. The normalized spacial score (nSPS) is 11.1. The van der Waals surface area contributed by atoms with E-state index in [4.69, 9.17) is 16.3 Å². The highest BCUT2D eigenvalue weighted by Gasteiger charge is 2.13. The number of halogens is 1. The van der Waals surface area contributed by atoms with Gasteiger partial charge in [0.25, 0.3) is 0 Å². The van der Waals surface area contributed by atoms with Gasteiger partial charge in [0, 0.05) is 0 Å². The van der Waals surface area contributed by atoms with Gasteiger partial charge >= 0.3 is 6.01 Å². The number of para-hydroxylation sites is 2. The molecule has 1 aromatic carbocycles. The fraction of sp³-hybridized carbons (Fsp3) is 0.100. The summed E-state index contributed by atoms with van der Waals surface area (Å²) in [5.41, 5.74) is 2.14. The largest absolute Gasteiger partial charge is 0.467 e. The van der Waals surface area contributed by atoms with Crippen molar-refractivity contribution in [2.45, 2.75) is 0 Å². The number of benzene rings is 1. The second kappa shape index (κ2) is 3.31. The maximum Gasteiger partial charge on any atom is 0.321 e. The summed E-state index contributed by atoms with van der Waals surface area (Å²) in [5.74, 6) is 0. The van der Waals surface area contributed by atoms with Crippen molar-refractivity contribution in [2.75, 3.05) is 7.11 Å². The molecule has 0 N–H and O–H groups in total. The van der Waals surface area contributed by atoms with E-state index in [0.717, 1.165) is 11.0 Å². The number of rotatable bonds is 1. The molecule has 0 spiro atoms. The Kier molecular flexibility index (Phi) is 1.94. The van der Waals surface area contributed by atoms with Crippen molar-refractivity contribution in [1.29, 1.82) is 0 Å². The molecule has 3 aromatic rings. The van der Waals surface area contributed by atoms with E-state index in [0.29, 0.717) is 16.8 Å². The Hall–Kier alpha value is -1.88. The maximum absolute atomic E-state index is 6.02. The lowest BCUT2D eigenvalue weighted by Gasteiger charge is -2.03. The third-order valence-electron chi connectivity index (χ3n) is 2.34. The molecule has 0 atom stereocenters. The molecule has 0 aliphatic heterocycles. The van der Waals surface area contributed by atoms with Crippen LogP contribution in [0.15, 0.2) is 24.3 Å². The molecule has 3 rings (SSSR count). The molecule has 5 nitrogen and oxygen atoms in total. The van der Waals surface area contributed by atoms with Crippen molar-refractivity contribution in [1.82, 2.24) is 19.6 Å². The van der Waals surface area contributed by atoms with Crippen LogP contribution in [0.5, 0.6) is 6.01 Å². The quantitative estimate of drug-likeness (QED) is 0.646. The summed E-state index contributed by atoms with van der Waals surface area (Å²) < 4.78 is 6.87. The fourth-order valence-corrected chi connectivity index (χ4v) is 1.87. The summed E-state index contributed by atoms with van der Waals surface area (Å²) in [6.45, 7) is 0. The van der Waals surface area contributed by atoms with Crippen molar-refractivity contribution in [2.24, 2.45) is 0 Å². The van der Waals surface area contributed by atoms with Gasteiger partial charge in [-0.25, -0.2) is 9.38 Å². The van der Waals surface area contributed by atoms with E-state index in [1.807, 2.05) is 24.3 Å². The topological polar surface area (TPSA) is 52.3 Å². The molecule has 0 aliphatic rings. The zero-order valence-corrected chi connectivity index (χ0v) is 9.14. The van der Waals surface area contributed by atoms with Crippen LogP contribution in [0.1, 0.15) is 0 Å². The third kappa shape index (κ3) is 1.15. The average Bonchev–Trinajstić information content (AvgIpc) is 2.74. The van der Waals surface area contributed by atoms with Crippen molar-refractivity contribution >= 4 is 28.3 Å². The third-order valence-corrected chi connectivity index (χ3v) is 2.60. The molecule has 0 saturated heterocycles. The number of ether oxygens (including phenoxy) is 1. The van der Waals surface area contributed by atoms with E-state index >= 15 is 0 Å². The Morgan fingerprint density at radius 1 is 1.25 bits per heavy atom. The van der Waals surface area contributed by atoms with Crippen LogP contribution >= 0.6 is 11.6 Å². The molecule has 0 bridgehead atoms. The number of aromatic nitrogens is 4. The molecule has 6 heteroatoms. The number of hydrogen-bond donors (Lipinski definition) is 0. The molecule has 0 amide bonds. The molecule has 2 heterocycles. The number of methoxy groups -OCH3 is 1. The highest BCUT2D eigenvalue weighted by Crippen LogP contribution is 2.23. The van der Waals surface area contributed by atoms with Gasteiger partial charge < -0.3 is 4.74 Å². The Bertz CT molecular complexity index is 679. The smallest absolute Gasteiger partial charge is 0.321 e. The SMILES string of the molecule is COc1nnc2c(Cl)nc3ccccc3n12. The van der Waals surface area contributed by atoms with Crippen LogP contribution in [-0.4, -0.2) is 26.7 Å². The maximum atomic E-state index is 6.02. The van der Waals surface area contributed by atoms with Gasteiger partial charge in [0.05, 0.1) is 18.1 Å². The van der Waals surface area contributed by atoms with Gasteiger partial charge in [-0.15, -0.1) is 5.10 Å². The van der Waals surface area contributed by atoms with Gasteiger partial charge in [-0.05, 0) is 12.1 Å². The molecule has 2 aromatic heterocycles. The molecule has 0 radical (unpaired) electrons. The standard InChI is InChI=1S/C10H7ClN4O/c1-16-10-14-13-9-8(11)12-6-4-2-3-5-7(6)15(9)10/h2-5H,1H3. The second-order valence-electron chi connectivity index (χ2n) is 3.24. The summed E-state index contributed by atoms with van der Waals surface area (Å²) >= 11 is 6.02. The van der Waals surface area contributed by atoms with E-state index in [-0.39, 0.29) is 0 Å². The molecule has 0 aliphatic carbocycles. The van der Waals surface area contributed by atoms with Gasteiger partial charge in [0.1, 0.15) is 0 Å². The monoisotopic (exact) mass is 234 g/mol. The minimum Gasteiger partial charge on any atom is -0.467 e. The summed E-state index contributed by atoms with van der Waals surface area (Å²) in [7, 11) is 1.54. The van der Waals surface area contributed by atoms with E-state index in [9.17, 15) is 0 Å². The Labute approximate surface area is 95.6 Å². The van der Waals surface area contributed by atoms with Crippen LogP contribution < -0.4 is 4.74 Å². The van der Waals surface area contributed by atoms with E-state index < -0.39 is 0 Å². The van der Waals surface area contributed by atoms with Gasteiger partial charge in [-0.3, -0.25) is 0 Å². The molecule has 80 valence electrons. The predicted molar refractivity (Wildman–Crippen MR) is 59.9 cm³/mol. The number of nitrogens with zero attached hydrogens (tertiary/aromatic N) is 4. The van der Waals surface area contributed by atoms with Crippen molar-refractivity contribution in [3.8, 4) is 6.01 Å². The molecule has 0 saturated carbocycles. The van der Waals surface area contributed by atoms with Crippen molar-refractivity contribution < 1.29 is 4.74 Å². The molecule has 0 unspecified atom stereocenters. The van der Waals surface area contributed by atoms with E-state index in [2.05, 4.69) is 15.2 Å². The lowest BCUT2D eigenvalue weighted by molar-refractivity contribution is 0.377. The minimum absolute atomic E-state index is 0.314. The first kappa shape index (κ1) is 9.35. The Morgan fingerprint density at radius 2 is 2.06 bits per heavy atom. The summed E-state index contributed by atoms with van der Waals surface area (Å²) in [6.07, 6.45) is 0. The van der Waals surface area contributed by atoms with Gasteiger partial charge in [-0.1, -0.05) is 28.8 Å². The van der Waals surface area contributed by atoms with Crippen LogP contribution in [0.4, 0.5) is 0 Å². The first-order chi connectivity index (χ1) is 7.81. The van der Waals surface area contributed by atoms with Gasteiger partial charge in [-0.2, -0.15) is 0 Å². The molecule has 16 heavy (non-hydrogen) atoms. The van der Waals surface area contributed by atoms with Crippen molar-refractivity contribution in [3.63, 3.8) is 0 Å². The zero-order chi connectivity index (χ0) is 11.1. The van der Waals surface area contributed by atoms with Gasteiger partial charge in [0.15, 0.2) is 5.15 Å².